The van der Waals surface area contributed by atoms with E-state index < -0.39 is 6.10 Å². The third-order valence-corrected chi connectivity index (χ3v) is 3.18. The van der Waals surface area contributed by atoms with Gasteiger partial charge in [-0.05, 0) is 12.3 Å². The Kier molecular flexibility index (Phi) is 12.2. The fourth-order valence-corrected chi connectivity index (χ4v) is 1.90. The van der Waals surface area contributed by atoms with Crippen molar-refractivity contribution in [2.45, 2.75) is 45.6 Å². The van der Waals surface area contributed by atoms with Crippen LogP contribution in [-0.2, 0) is 4.74 Å². The molecule has 2 unspecified atom stereocenters. The summed E-state index contributed by atoms with van der Waals surface area (Å²) >= 11 is 3.26. The minimum Gasteiger partial charge on any atom is -0.389 e. The number of hydrogen-bond donors (Lipinski definition) is 2. The molecule has 2 N–H and O–H groups in total. The fourth-order valence-electron chi connectivity index (χ4n) is 1.70. The highest BCUT2D eigenvalue weighted by Gasteiger charge is 2.08. The Morgan fingerprint density at radius 3 is 2.67 bits per heavy atom. The average Bonchev–Trinajstić information content (AvgIpc) is 2.33. The smallest absolute Gasteiger partial charge is 0.0897 e. The lowest BCUT2D eigenvalue weighted by atomic mass is 10.0. The molecule has 108 valence electrons. The van der Waals surface area contributed by atoms with Crippen LogP contribution >= 0.6 is 15.9 Å². The molecule has 0 aliphatic rings. The molecule has 0 aromatic carbocycles. The lowest BCUT2D eigenvalue weighted by Gasteiger charge is -2.17. The van der Waals surface area contributed by atoms with Gasteiger partial charge in [-0.15, -0.1) is 0 Å². The van der Waals surface area contributed by atoms with Crippen molar-refractivity contribution in [3.8, 4) is 0 Å². The zero-order valence-corrected chi connectivity index (χ0v) is 13.3. The largest absolute Gasteiger partial charge is 0.389 e. The van der Waals surface area contributed by atoms with E-state index in [0.29, 0.717) is 25.6 Å². The van der Waals surface area contributed by atoms with E-state index in [1.807, 2.05) is 0 Å². The number of nitrogens with one attached hydrogen (secondary N) is 1. The number of ether oxygens (including phenoxy) is 1. The van der Waals surface area contributed by atoms with Gasteiger partial charge in [-0.25, -0.2) is 0 Å². The van der Waals surface area contributed by atoms with Crippen LogP contribution in [0.1, 0.15) is 39.5 Å². The highest BCUT2D eigenvalue weighted by Crippen LogP contribution is 2.12. The molecule has 0 radical (unpaired) electrons. The summed E-state index contributed by atoms with van der Waals surface area (Å²) in [6.07, 6.45) is 4.43. The van der Waals surface area contributed by atoms with E-state index in [9.17, 15) is 5.11 Å². The van der Waals surface area contributed by atoms with Gasteiger partial charge >= 0.3 is 0 Å². The van der Waals surface area contributed by atoms with Gasteiger partial charge in [0.05, 0.1) is 12.7 Å². The first kappa shape index (κ1) is 18.1. The van der Waals surface area contributed by atoms with E-state index in [1.54, 1.807) is 0 Å². The Hall–Kier alpha value is 0.1000. The average molecular weight is 322 g/mol. The maximum atomic E-state index is 9.69. The van der Waals surface area contributed by atoms with E-state index in [-0.39, 0.29) is 0 Å². The molecular weight excluding hydrogens is 294 g/mol. The van der Waals surface area contributed by atoms with Crippen LogP contribution in [0.3, 0.4) is 0 Å². The summed E-state index contributed by atoms with van der Waals surface area (Å²) in [7, 11) is 0. The van der Waals surface area contributed by atoms with Crippen molar-refractivity contribution in [1.82, 2.24) is 5.32 Å². The van der Waals surface area contributed by atoms with Crippen LogP contribution in [0.2, 0.25) is 0 Å². The van der Waals surface area contributed by atoms with Crippen LogP contribution in [0.15, 0.2) is 11.1 Å². The van der Waals surface area contributed by atoms with E-state index >= 15 is 0 Å². The third-order valence-electron chi connectivity index (χ3n) is 2.90. The Morgan fingerprint density at radius 1 is 1.39 bits per heavy atom. The van der Waals surface area contributed by atoms with Crippen molar-refractivity contribution in [2.75, 3.05) is 26.3 Å². The number of rotatable bonds is 12. The summed E-state index contributed by atoms with van der Waals surface area (Å²) in [6.45, 7) is 10.5. The molecule has 0 aromatic rings. The summed E-state index contributed by atoms with van der Waals surface area (Å²) < 4.78 is 6.47. The van der Waals surface area contributed by atoms with Gasteiger partial charge in [0, 0.05) is 24.2 Å². The number of hydrogen-bond acceptors (Lipinski definition) is 3. The van der Waals surface area contributed by atoms with E-state index in [2.05, 4.69) is 41.7 Å². The Balaban J connectivity index is 3.52. The first-order valence-electron chi connectivity index (χ1n) is 6.89. The number of aliphatic hydroxyl groups is 1. The zero-order chi connectivity index (χ0) is 13.8. The molecule has 0 aliphatic carbocycles. The number of aliphatic hydroxyl groups excluding tert-OH is 1. The van der Waals surface area contributed by atoms with Gasteiger partial charge in [-0.2, -0.15) is 0 Å². The standard InChI is InChI=1S/C14H28BrNO2/c1-4-6-7-13(5-2)10-18-11-14(17)9-16-8-12(3)15/h13-14,16-17H,3-11H2,1-2H3. The van der Waals surface area contributed by atoms with E-state index in [4.69, 9.17) is 4.74 Å². The molecule has 0 aromatic heterocycles. The quantitative estimate of drug-likeness (QED) is 0.580. The van der Waals surface area contributed by atoms with Gasteiger partial charge in [0.1, 0.15) is 0 Å². The predicted octanol–water partition coefficient (Wildman–Crippen LogP) is 3.08. The first-order chi connectivity index (χ1) is 8.60. The molecule has 4 heteroatoms. The third kappa shape index (κ3) is 11.2. The Labute approximate surface area is 120 Å². The second-order valence-corrected chi connectivity index (χ2v) is 5.88. The van der Waals surface area contributed by atoms with Crippen LogP contribution in [-0.4, -0.2) is 37.5 Å². The minimum absolute atomic E-state index is 0.407. The predicted molar refractivity (Wildman–Crippen MR) is 81.1 cm³/mol. The van der Waals surface area contributed by atoms with Crippen molar-refractivity contribution in [3.63, 3.8) is 0 Å². The van der Waals surface area contributed by atoms with Gasteiger partial charge in [0.25, 0.3) is 0 Å². The summed E-state index contributed by atoms with van der Waals surface area (Å²) in [6, 6.07) is 0. The van der Waals surface area contributed by atoms with Crippen LogP contribution in [0.5, 0.6) is 0 Å². The maximum absolute atomic E-state index is 9.69. The summed E-state index contributed by atoms with van der Waals surface area (Å²) in [5.41, 5.74) is 0. The monoisotopic (exact) mass is 321 g/mol. The Bertz CT molecular complexity index is 212. The molecule has 2 atom stereocenters. The maximum Gasteiger partial charge on any atom is 0.0897 e. The molecule has 0 bridgehead atoms. The SMILES string of the molecule is C=C(Br)CNCC(O)COCC(CC)CCCC. The molecule has 0 saturated heterocycles. The molecule has 0 spiro atoms. The highest BCUT2D eigenvalue weighted by molar-refractivity contribution is 9.11. The fraction of sp³-hybridized carbons (Fsp3) is 0.857. The highest BCUT2D eigenvalue weighted by atomic mass is 79.9. The lowest BCUT2D eigenvalue weighted by Crippen LogP contribution is -2.31. The Morgan fingerprint density at radius 2 is 2.11 bits per heavy atom. The van der Waals surface area contributed by atoms with Gasteiger partial charge in [0.15, 0.2) is 0 Å². The van der Waals surface area contributed by atoms with Crippen molar-refractivity contribution >= 4 is 15.9 Å². The van der Waals surface area contributed by atoms with Crippen LogP contribution in [0.25, 0.3) is 0 Å². The van der Waals surface area contributed by atoms with E-state index in [1.165, 1.54) is 19.3 Å². The second kappa shape index (κ2) is 12.2. The van der Waals surface area contributed by atoms with Crippen LogP contribution in [0, 0.1) is 5.92 Å². The normalized spacial score (nSPS) is 14.4. The molecule has 0 heterocycles. The van der Waals surface area contributed by atoms with Gasteiger partial charge < -0.3 is 15.2 Å². The van der Waals surface area contributed by atoms with Crippen LogP contribution in [0.4, 0.5) is 0 Å². The molecule has 18 heavy (non-hydrogen) atoms. The van der Waals surface area contributed by atoms with Crippen molar-refractivity contribution < 1.29 is 9.84 Å². The van der Waals surface area contributed by atoms with Crippen LogP contribution < -0.4 is 5.32 Å². The summed E-state index contributed by atoms with van der Waals surface area (Å²) in [5, 5.41) is 12.8. The molecule has 3 nitrogen and oxygen atoms in total. The molecule has 0 rings (SSSR count). The zero-order valence-electron chi connectivity index (χ0n) is 11.8. The lowest BCUT2D eigenvalue weighted by molar-refractivity contribution is 0.0197. The van der Waals surface area contributed by atoms with Crippen molar-refractivity contribution in [2.24, 2.45) is 5.92 Å². The molecule has 0 amide bonds. The molecule has 0 aliphatic heterocycles. The van der Waals surface area contributed by atoms with Crippen molar-refractivity contribution in [1.29, 1.82) is 0 Å². The summed E-state index contributed by atoms with van der Waals surface area (Å²) in [4.78, 5) is 0. The van der Waals surface area contributed by atoms with Gasteiger partial charge in [0.2, 0.25) is 0 Å². The number of unbranched alkanes of at least 4 members (excludes halogenated alkanes) is 1. The summed E-state index contributed by atoms with van der Waals surface area (Å²) in [5.74, 6) is 0.632. The van der Waals surface area contributed by atoms with Gasteiger partial charge in [-0.1, -0.05) is 55.6 Å². The molecule has 0 fully saturated rings. The van der Waals surface area contributed by atoms with Crippen molar-refractivity contribution in [3.05, 3.63) is 11.1 Å². The molecule has 0 saturated carbocycles. The number of halogens is 1. The second-order valence-electron chi connectivity index (χ2n) is 4.76. The minimum atomic E-state index is -0.444. The van der Waals surface area contributed by atoms with E-state index in [0.717, 1.165) is 17.5 Å². The topological polar surface area (TPSA) is 41.5 Å². The molecular formula is C14H28BrNO2. The first-order valence-corrected chi connectivity index (χ1v) is 7.69. The van der Waals surface area contributed by atoms with Gasteiger partial charge in [-0.3, -0.25) is 0 Å².